The van der Waals surface area contributed by atoms with Crippen molar-refractivity contribution in [2.75, 3.05) is 33.0 Å². The number of nitrogens with zero attached hydrogens (tertiary/aromatic N) is 1. The molecule has 32 heavy (non-hydrogen) atoms. The number of hydrogen-bond acceptors (Lipinski definition) is 9. The fraction of sp³-hybridized carbons (Fsp3) is 0.619. The Morgan fingerprint density at radius 2 is 1.31 bits per heavy atom. The Balaban J connectivity index is 3.47. The summed E-state index contributed by atoms with van der Waals surface area (Å²) in [5, 5.41) is -1.36. The average molecular weight is 491 g/mol. The van der Waals surface area contributed by atoms with Crippen LogP contribution in [0.2, 0.25) is 0 Å². The molecule has 1 aromatic carbocycles. The number of aliphatic imine (C=N–C) groups is 1. The summed E-state index contributed by atoms with van der Waals surface area (Å²) in [6.45, 7) is 8.56. The SMILES string of the molecule is CCOC(=O)C(CC(P(=O)(OCC)OCC)P(=O)(OCC)OCC)N=Cc1ccccc1. The van der Waals surface area contributed by atoms with Gasteiger partial charge >= 0.3 is 21.2 Å². The number of hydrogen-bond donors (Lipinski definition) is 0. The van der Waals surface area contributed by atoms with Crippen LogP contribution in [0.4, 0.5) is 0 Å². The first-order chi connectivity index (χ1) is 15.3. The molecule has 0 fully saturated rings. The number of ether oxygens (including phenoxy) is 1. The van der Waals surface area contributed by atoms with E-state index < -0.39 is 32.6 Å². The summed E-state index contributed by atoms with van der Waals surface area (Å²) >= 11 is 0. The van der Waals surface area contributed by atoms with Gasteiger partial charge in [-0.1, -0.05) is 30.3 Å². The average Bonchev–Trinajstić information content (AvgIpc) is 2.75. The van der Waals surface area contributed by atoms with Crippen molar-refractivity contribution in [1.29, 1.82) is 0 Å². The van der Waals surface area contributed by atoms with Crippen LogP contribution in [0.3, 0.4) is 0 Å². The minimum absolute atomic E-state index is 0.0450. The first-order valence-corrected chi connectivity index (χ1v) is 14.0. The maximum Gasteiger partial charge on any atom is 0.345 e. The Hall–Kier alpha value is -1.34. The lowest BCUT2D eigenvalue weighted by atomic mass is 10.2. The van der Waals surface area contributed by atoms with Crippen LogP contribution in [0.1, 0.15) is 46.6 Å². The van der Waals surface area contributed by atoms with Crippen LogP contribution in [0, 0.1) is 0 Å². The predicted octanol–water partition coefficient (Wildman–Crippen LogP) is 5.29. The molecule has 0 saturated heterocycles. The predicted molar refractivity (Wildman–Crippen MR) is 125 cm³/mol. The minimum atomic E-state index is -4.01. The molecule has 0 spiro atoms. The van der Waals surface area contributed by atoms with Crippen LogP contribution >= 0.6 is 15.2 Å². The Morgan fingerprint density at radius 3 is 1.72 bits per heavy atom. The minimum Gasteiger partial charge on any atom is -0.464 e. The molecule has 0 aromatic heterocycles. The summed E-state index contributed by atoms with van der Waals surface area (Å²) in [6.07, 6.45) is 1.24. The fourth-order valence-corrected chi connectivity index (χ4v) is 8.32. The second-order valence-corrected chi connectivity index (χ2v) is 11.3. The van der Waals surface area contributed by atoms with Gasteiger partial charge in [-0.25, -0.2) is 4.79 Å². The van der Waals surface area contributed by atoms with Gasteiger partial charge in [0.25, 0.3) is 0 Å². The van der Waals surface area contributed by atoms with Crippen molar-refractivity contribution in [1.82, 2.24) is 0 Å². The summed E-state index contributed by atoms with van der Waals surface area (Å²) in [5.74, 6) is -0.649. The summed E-state index contributed by atoms with van der Waals surface area (Å²) in [7, 11) is -8.03. The molecular formula is C21H35NO8P2. The van der Waals surface area contributed by atoms with E-state index in [0.29, 0.717) is 0 Å². The largest absolute Gasteiger partial charge is 0.464 e. The molecule has 0 radical (unpaired) electrons. The van der Waals surface area contributed by atoms with Crippen molar-refractivity contribution in [3.63, 3.8) is 0 Å². The van der Waals surface area contributed by atoms with Crippen molar-refractivity contribution in [3.8, 4) is 0 Å². The third-order valence-electron chi connectivity index (χ3n) is 4.16. The van der Waals surface area contributed by atoms with Gasteiger partial charge in [-0.3, -0.25) is 14.1 Å². The van der Waals surface area contributed by atoms with E-state index in [1.54, 1.807) is 34.6 Å². The third kappa shape index (κ3) is 8.54. The van der Waals surface area contributed by atoms with Gasteiger partial charge < -0.3 is 22.8 Å². The number of carbonyl (C=O) groups is 1. The molecule has 0 saturated carbocycles. The molecule has 9 nitrogen and oxygen atoms in total. The van der Waals surface area contributed by atoms with Crippen LogP contribution in [-0.2, 0) is 36.8 Å². The Kier molecular flexibility index (Phi) is 13.2. The lowest BCUT2D eigenvalue weighted by Gasteiger charge is -2.32. The second kappa shape index (κ2) is 14.7. The molecule has 0 aliphatic carbocycles. The highest BCUT2D eigenvalue weighted by atomic mass is 31.2. The van der Waals surface area contributed by atoms with E-state index in [2.05, 4.69) is 4.99 Å². The molecule has 1 unspecified atom stereocenters. The quantitative estimate of drug-likeness (QED) is 0.174. The van der Waals surface area contributed by atoms with Crippen molar-refractivity contribution >= 4 is 27.4 Å². The normalized spacial score (nSPS) is 13.6. The highest BCUT2D eigenvalue weighted by Gasteiger charge is 2.52. The number of benzene rings is 1. The van der Waals surface area contributed by atoms with Gasteiger partial charge in [-0.05, 0) is 40.2 Å². The van der Waals surface area contributed by atoms with E-state index in [0.717, 1.165) is 5.56 Å². The van der Waals surface area contributed by atoms with Crippen molar-refractivity contribution in [3.05, 3.63) is 35.9 Å². The van der Waals surface area contributed by atoms with Gasteiger partial charge in [0, 0.05) is 12.6 Å². The molecule has 1 aromatic rings. The molecule has 0 amide bonds. The van der Waals surface area contributed by atoms with Gasteiger partial charge in [0.1, 0.15) is 6.04 Å². The standard InChI is InChI=1S/C21H35NO8P2/c1-6-26-21(23)19(22-17-18-14-12-11-13-15-18)16-20(31(24,27-7-2)28-8-3)32(25,29-9-4)30-10-5/h11-15,17,19-20H,6-10,16H2,1-5H3. The molecule has 0 aliphatic rings. The lowest BCUT2D eigenvalue weighted by molar-refractivity contribution is -0.144. The molecule has 0 bridgehead atoms. The summed E-state index contributed by atoms with van der Waals surface area (Å²) in [6, 6.07) is 8.04. The van der Waals surface area contributed by atoms with Gasteiger partial charge in [-0.15, -0.1) is 0 Å². The third-order valence-corrected chi connectivity index (χ3v) is 10.2. The summed E-state index contributed by atoms with van der Waals surface area (Å²) in [5.41, 5.74) is 0.758. The van der Waals surface area contributed by atoms with Crippen LogP contribution in [0.5, 0.6) is 0 Å². The number of carbonyl (C=O) groups excluding carboxylic acids is 1. The highest BCUT2D eigenvalue weighted by molar-refractivity contribution is 7.72. The molecular weight excluding hydrogens is 456 g/mol. The first kappa shape index (κ1) is 28.7. The van der Waals surface area contributed by atoms with E-state index in [9.17, 15) is 13.9 Å². The molecule has 0 aliphatic heterocycles. The monoisotopic (exact) mass is 491 g/mol. The maximum absolute atomic E-state index is 13.7. The molecule has 0 N–H and O–H groups in total. The van der Waals surface area contributed by atoms with Crippen LogP contribution in [-0.4, -0.2) is 56.7 Å². The van der Waals surface area contributed by atoms with Crippen molar-refractivity contribution in [2.45, 2.75) is 52.5 Å². The Bertz CT molecular complexity index is 752. The van der Waals surface area contributed by atoms with Gasteiger partial charge in [0.05, 0.1) is 33.0 Å². The van der Waals surface area contributed by atoms with E-state index in [-0.39, 0.29) is 39.5 Å². The zero-order chi connectivity index (χ0) is 24.0. The van der Waals surface area contributed by atoms with E-state index in [1.807, 2.05) is 30.3 Å². The highest BCUT2D eigenvalue weighted by Crippen LogP contribution is 2.71. The topological polar surface area (TPSA) is 110 Å². The van der Waals surface area contributed by atoms with Crippen molar-refractivity contribution < 1.29 is 36.8 Å². The van der Waals surface area contributed by atoms with Gasteiger partial charge in [-0.2, -0.15) is 0 Å². The zero-order valence-corrected chi connectivity index (χ0v) is 21.3. The van der Waals surface area contributed by atoms with Crippen LogP contribution < -0.4 is 0 Å². The second-order valence-electron chi connectivity index (χ2n) is 6.42. The number of esters is 1. The fourth-order valence-electron chi connectivity index (χ4n) is 2.94. The smallest absolute Gasteiger partial charge is 0.345 e. The van der Waals surface area contributed by atoms with Crippen LogP contribution in [0.25, 0.3) is 0 Å². The molecule has 0 heterocycles. The number of rotatable bonds is 16. The van der Waals surface area contributed by atoms with Gasteiger partial charge in [0.15, 0.2) is 5.40 Å². The molecule has 1 atom stereocenters. The maximum atomic E-state index is 13.7. The molecule has 182 valence electrons. The van der Waals surface area contributed by atoms with Gasteiger partial charge in [0.2, 0.25) is 0 Å². The van der Waals surface area contributed by atoms with E-state index >= 15 is 0 Å². The summed E-state index contributed by atoms with van der Waals surface area (Å²) < 4.78 is 54.5. The van der Waals surface area contributed by atoms with Crippen LogP contribution in [0.15, 0.2) is 35.3 Å². The zero-order valence-electron chi connectivity index (χ0n) is 19.5. The molecule has 1 rings (SSSR count). The molecule has 11 heteroatoms. The Morgan fingerprint density at radius 1 is 0.844 bits per heavy atom. The lowest BCUT2D eigenvalue weighted by Crippen LogP contribution is -2.29. The Labute approximate surface area is 190 Å². The summed E-state index contributed by atoms with van der Waals surface area (Å²) in [4.78, 5) is 17.1. The first-order valence-electron chi connectivity index (χ1n) is 10.8. The van der Waals surface area contributed by atoms with E-state index in [4.69, 9.17) is 22.8 Å². The van der Waals surface area contributed by atoms with Crippen molar-refractivity contribution in [2.24, 2.45) is 4.99 Å². The van der Waals surface area contributed by atoms with E-state index in [1.165, 1.54) is 6.21 Å².